The first-order valence-electron chi connectivity index (χ1n) is 8.69. The van der Waals surface area contributed by atoms with E-state index in [0.717, 1.165) is 31.6 Å². The molecule has 1 aliphatic heterocycles. The highest BCUT2D eigenvalue weighted by Gasteiger charge is 2.24. The summed E-state index contributed by atoms with van der Waals surface area (Å²) in [5, 5.41) is 4.34. The van der Waals surface area contributed by atoms with Crippen LogP contribution in [0.5, 0.6) is 0 Å². The van der Waals surface area contributed by atoms with E-state index in [0.29, 0.717) is 18.4 Å². The Labute approximate surface area is 138 Å². The van der Waals surface area contributed by atoms with Crippen LogP contribution in [0.1, 0.15) is 32.3 Å². The van der Waals surface area contributed by atoms with Crippen molar-refractivity contribution in [1.29, 1.82) is 0 Å². The van der Waals surface area contributed by atoms with E-state index in [9.17, 15) is 4.79 Å². The Morgan fingerprint density at radius 1 is 1.39 bits per heavy atom. The summed E-state index contributed by atoms with van der Waals surface area (Å²) < 4.78 is 0. The first kappa shape index (κ1) is 16.1. The summed E-state index contributed by atoms with van der Waals surface area (Å²) in [7, 11) is 0. The third kappa shape index (κ3) is 3.94. The Kier molecular flexibility index (Phi) is 5.01. The van der Waals surface area contributed by atoms with Crippen LogP contribution in [-0.4, -0.2) is 41.5 Å². The zero-order chi connectivity index (χ0) is 16.2. The standard InChI is InChI=1S/C19H27N3O/c1-14(2)22-10-9-15(13-22)11-21-19(23)8-7-16-12-20-18-6-4-3-5-17(16)18/h3-6,12,14-15,20H,7-11,13H2,1-2H3,(H,21,23). The number of benzene rings is 1. The molecule has 1 aromatic carbocycles. The summed E-state index contributed by atoms with van der Waals surface area (Å²) in [6.45, 7) is 7.56. The highest BCUT2D eigenvalue weighted by molar-refractivity contribution is 5.84. The number of aromatic nitrogens is 1. The van der Waals surface area contributed by atoms with Gasteiger partial charge in [0, 0.05) is 42.7 Å². The number of aromatic amines is 1. The van der Waals surface area contributed by atoms with Crippen LogP contribution in [0.25, 0.3) is 10.9 Å². The van der Waals surface area contributed by atoms with Crippen molar-refractivity contribution in [2.45, 2.75) is 39.2 Å². The zero-order valence-electron chi connectivity index (χ0n) is 14.1. The second kappa shape index (κ2) is 7.18. The molecule has 1 saturated heterocycles. The number of hydrogen-bond acceptors (Lipinski definition) is 2. The summed E-state index contributed by atoms with van der Waals surface area (Å²) >= 11 is 0. The molecule has 2 aromatic rings. The molecule has 4 nitrogen and oxygen atoms in total. The van der Waals surface area contributed by atoms with Gasteiger partial charge in [-0.05, 0) is 50.8 Å². The number of carbonyl (C=O) groups is 1. The summed E-state index contributed by atoms with van der Waals surface area (Å²) in [4.78, 5) is 17.9. The summed E-state index contributed by atoms with van der Waals surface area (Å²) in [5.41, 5.74) is 2.37. The average molecular weight is 313 g/mol. The molecule has 1 amide bonds. The maximum Gasteiger partial charge on any atom is 0.220 e. The molecule has 1 aromatic heterocycles. The third-order valence-corrected chi connectivity index (χ3v) is 4.93. The highest BCUT2D eigenvalue weighted by Crippen LogP contribution is 2.19. The van der Waals surface area contributed by atoms with Gasteiger partial charge in [0.2, 0.25) is 5.91 Å². The number of fused-ring (bicyclic) bond motifs is 1. The summed E-state index contributed by atoms with van der Waals surface area (Å²) in [5.74, 6) is 0.771. The zero-order valence-corrected chi connectivity index (χ0v) is 14.1. The number of aryl methyl sites for hydroxylation is 1. The lowest BCUT2D eigenvalue weighted by Crippen LogP contribution is -2.33. The van der Waals surface area contributed by atoms with Gasteiger partial charge < -0.3 is 15.2 Å². The highest BCUT2D eigenvalue weighted by atomic mass is 16.1. The molecule has 124 valence electrons. The van der Waals surface area contributed by atoms with Crippen molar-refractivity contribution in [3.05, 3.63) is 36.0 Å². The van der Waals surface area contributed by atoms with Crippen molar-refractivity contribution in [1.82, 2.24) is 15.2 Å². The normalized spacial score (nSPS) is 18.8. The van der Waals surface area contributed by atoms with Crippen LogP contribution in [-0.2, 0) is 11.2 Å². The molecule has 23 heavy (non-hydrogen) atoms. The number of rotatable bonds is 6. The second-order valence-corrected chi connectivity index (χ2v) is 6.91. The van der Waals surface area contributed by atoms with Gasteiger partial charge in [-0.2, -0.15) is 0 Å². The Morgan fingerprint density at radius 3 is 3.00 bits per heavy atom. The molecule has 0 aliphatic carbocycles. The number of likely N-dealkylation sites (tertiary alicyclic amines) is 1. The molecule has 4 heteroatoms. The predicted octanol–water partition coefficient (Wildman–Crippen LogP) is 2.95. The van der Waals surface area contributed by atoms with E-state index in [4.69, 9.17) is 0 Å². The second-order valence-electron chi connectivity index (χ2n) is 6.91. The first-order chi connectivity index (χ1) is 11.1. The number of carbonyl (C=O) groups excluding carboxylic acids is 1. The molecule has 0 spiro atoms. The lowest BCUT2D eigenvalue weighted by molar-refractivity contribution is -0.121. The average Bonchev–Trinajstić information content (AvgIpc) is 3.18. The first-order valence-corrected chi connectivity index (χ1v) is 8.69. The molecule has 3 rings (SSSR count). The number of nitrogens with zero attached hydrogens (tertiary/aromatic N) is 1. The van der Waals surface area contributed by atoms with E-state index in [1.807, 2.05) is 18.3 Å². The minimum absolute atomic E-state index is 0.165. The number of nitrogens with one attached hydrogen (secondary N) is 2. The van der Waals surface area contributed by atoms with Crippen LogP contribution in [0, 0.1) is 5.92 Å². The van der Waals surface area contributed by atoms with Crippen LogP contribution < -0.4 is 5.32 Å². The van der Waals surface area contributed by atoms with Gasteiger partial charge >= 0.3 is 0 Å². The Hall–Kier alpha value is -1.81. The quantitative estimate of drug-likeness (QED) is 0.861. The molecule has 0 saturated carbocycles. The smallest absolute Gasteiger partial charge is 0.220 e. The monoisotopic (exact) mass is 313 g/mol. The molecule has 0 bridgehead atoms. The number of amides is 1. The van der Waals surface area contributed by atoms with E-state index in [1.54, 1.807) is 0 Å². The van der Waals surface area contributed by atoms with Gasteiger partial charge in [0.1, 0.15) is 0 Å². The maximum atomic E-state index is 12.1. The molecule has 0 radical (unpaired) electrons. The van der Waals surface area contributed by atoms with E-state index < -0.39 is 0 Å². The van der Waals surface area contributed by atoms with Crippen molar-refractivity contribution in [3.63, 3.8) is 0 Å². The van der Waals surface area contributed by atoms with Crippen molar-refractivity contribution in [2.24, 2.45) is 5.92 Å². The Bertz CT molecular complexity index is 661. The van der Waals surface area contributed by atoms with Crippen molar-refractivity contribution in [2.75, 3.05) is 19.6 Å². The molecule has 1 aliphatic rings. The van der Waals surface area contributed by atoms with Crippen LogP contribution in [0.3, 0.4) is 0 Å². The maximum absolute atomic E-state index is 12.1. The largest absolute Gasteiger partial charge is 0.361 e. The fourth-order valence-electron chi connectivity index (χ4n) is 3.43. The van der Waals surface area contributed by atoms with Gasteiger partial charge in [0.05, 0.1) is 0 Å². The lowest BCUT2D eigenvalue weighted by atomic mass is 10.1. The fraction of sp³-hybridized carbons (Fsp3) is 0.526. The fourth-order valence-corrected chi connectivity index (χ4v) is 3.43. The minimum Gasteiger partial charge on any atom is -0.361 e. The van der Waals surface area contributed by atoms with Gasteiger partial charge in [0.15, 0.2) is 0 Å². The van der Waals surface area contributed by atoms with Gasteiger partial charge in [-0.3, -0.25) is 4.79 Å². The van der Waals surface area contributed by atoms with Crippen molar-refractivity contribution in [3.8, 4) is 0 Å². The van der Waals surface area contributed by atoms with E-state index in [2.05, 4.69) is 41.2 Å². The van der Waals surface area contributed by atoms with Gasteiger partial charge in [-0.15, -0.1) is 0 Å². The Morgan fingerprint density at radius 2 is 2.22 bits per heavy atom. The van der Waals surface area contributed by atoms with Crippen LogP contribution in [0.2, 0.25) is 0 Å². The summed E-state index contributed by atoms with van der Waals surface area (Å²) in [6, 6.07) is 8.85. The van der Waals surface area contributed by atoms with Crippen LogP contribution in [0.4, 0.5) is 0 Å². The molecule has 1 fully saturated rings. The van der Waals surface area contributed by atoms with Gasteiger partial charge in [-0.1, -0.05) is 18.2 Å². The molecule has 1 atom stereocenters. The van der Waals surface area contributed by atoms with Gasteiger partial charge in [0.25, 0.3) is 0 Å². The van der Waals surface area contributed by atoms with Crippen molar-refractivity contribution < 1.29 is 4.79 Å². The lowest BCUT2D eigenvalue weighted by Gasteiger charge is -2.20. The van der Waals surface area contributed by atoms with Crippen molar-refractivity contribution >= 4 is 16.8 Å². The van der Waals surface area contributed by atoms with E-state index >= 15 is 0 Å². The SMILES string of the molecule is CC(C)N1CCC(CNC(=O)CCc2c[nH]c3ccccc23)C1. The molecule has 1 unspecified atom stereocenters. The predicted molar refractivity (Wildman–Crippen MR) is 94.4 cm³/mol. The molecular weight excluding hydrogens is 286 g/mol. The van der Waals surface area contributed by atoms with Crippen LogP contribution >= 0.6 is 0 Å². The number of para-hydroxylation sites is 1. The Balaban J connectivity index is 1.43. The molecule has 2 heterocycles. The topological polar surface area (TPSA) is 48.1 Å². The van der Waals surface area contributed by atoms with Gasteiger partial charge in [-0.25, -0.2) is 0 Å². The number of hydrogen-bond donors (Lipinski definition) is 2. The molecular formula is C19H27N3O. The minimum atomic E-state index is 0.165. The summed E-state index contributed by atoms with van der Waals surface area (Å²) in [6.07, 6.45) is 4.57. The van der Waals surface area contributed by atoms with E-state index in [-0.39, 0.29) is 5.91 Å². The van der Waals surface area contributed by atoms with Crippen LogP contribution in [0.15, 0.2) is 30.5 Å². The number of H-pyrrole nitrogens is 1. The van der Waals surface area contributed by atoms with E-state index in [1.165, 1.54) is 17.4 Å². The third-order valence-electron chi connectivity index (χ3n) is 4.93. The molecule has 2 N–H and O–H groups in total.